The van der Waals surface area contributed by atoms with Gasteiger partial charge in [0.15, 0.2) is 0 Å². The van der Waals surface area contributed by atoms with Crippen LogP contribution in [0, 0.1) is 0 Å². The molecule has 0 spiro atoms. The van der Waals surface area contributed by atoms with Crippen molar-refractivity contribution in [3.05, 3.63) is 81.8 Å². The van der Waals surface area contributed by atoms with Crippen LogP contribution in [0.25, 0.3) is 17.0 Å². The van der Waals surface area contributed by atoms with Crippen LogP contribution in [0.4, 0.5) is 0 Å². The zero-order chi connectivity index (χ0) is 18.6. The van der Waals surface area contributed by atoms with Gasteiger partial charge in [0.1, 0.15) is 0 Å². The fourth-order valence-corrected chi connectivity index (χ4v) is 7.15. The van der Waals surface area contributed by atoms with Crippen molar-refractivity contribution in [1.82, 2.24) is 4.98 Å². The van der Waals surface area contributed by atoms with Gasteiger partial charge >= 0.3 is 174 Å². The van der Waals surface area contributed by atoms with Crippen LogP contribution in [-0.2, 0) is 11.2 Å². The van der Waals surface area contributed by atoms with E-state index in [0.29, 0.717) is 4.91 Å². The van der Waals surface area contributed by atoms with Crippen molar-refractivity contribution < 1.29 is 4.79 Å². The Morgan fingerprint density at radius 2 is 2.04 bits per heavy atom. The molecule has 134 valence electrons. The Morgan fingerprint density at radius 3 is 2.93 bits per heavy atom. The van der Waals surface area contributed by atoms with E-state index in [4.69, 9.17) is 11.6 Å². The third-order valence-corrected chi connectivity index (χ3v) is 8.47. The summed E-state index contributed by atoms with van der Waals surface area (Å²) in [5.74, 6) is -0.118. The molecule has 1 unspecified atom stereocenters. The third kappa shape index (κ3) is 4.70. The molecule has 6 heteroatoms. The van der Waals surface area contributed by atoms with Crippen molar-refractivity contribution in [3.8, 4) is 0 Å². The number of amides is 1. The van der Waals surface area contributed by atoms with Gasteiger partial charge in [0.05, 0.1) is 0 Å². The normalized spacial score (nSPS) is 16.0. The van der Waals surface area contributed by atoms with Crippen molar-refractivity contribution in [3.63, 3.8) is 0 Å². The van der Waals surface area contributed by atoms with Crippen LogP contribution in [0.15, 0.2) is 70.7 Å². The van der Waals surface area contributed by atoms with Crippen LogP contribution in [0.5, 0.6) is 0 Å². The summed E-state index contributed by atoms with van der Waals surface area (Å²) >= 11 is 7.14. The van der Waals surface area contributed by atoms with E-state index in [1.165, 1.54) is 17.3 Å². The summed E-state index contributed by atoms with van der Waals surface area (Å²) in [5, 5.41) is 2.90. The van der Waals surface area contributed by atoms with Crippen molar-refractivity contribution in [2.24, 2.45) is 4.99 Å². The molecule has 2 heterocycles. The molecule has 1 amide bonds. The number of carbonyl (C=O) groups excluding carboxylic acids is 1. The maximum atomic E-state index is 12.2. The molecule has 1 aliphatic rings. The first kappa shape index (κ1) is 18.5. The second kappa shape index (κ2) is 8.43. The van der Waals surface area contributed by atoms with E-state index < -0.39 is 15.8 Å². The van der Waals surface area contributed by atoms with E-state index in [1.54, 1.807) is 6.20 Å². The van der Waals surface area contributed by atoms with Crippen LogP contribution >= 0.6 is 23.4 Å². The molecule has 1 aromatic heterocycles. The second-order valence-electron chi connectivity index (χ2n) is 6.09. The summed E-state index contributed by atoms with van der Waals surface area (Å²) in [4.78, 5) is 21.5. The minimum atomic E-state index is -0.421. The molecule has 0 saturated heterocycles. The van der Waals surface area contributed by atoms with Crippen LogP contribution in [0.1, 0.15) is 11.1 Å². The number of thioether (sulfide) groups is 1. The molecule has 2 aromatic carbocycles. The Balaban J connectivity index is 1.40. The van der Waals surface area contributed by atoms with Gasteiger partial charge in [0.2, 0.25) is 0 Å². The number of carbonyl (C=O) groups is 1. The molecule has 3 aromatic rings. The quantitative estimate of drug-likeness (QED) is 0.404. The van der Waals surface area contributed by atoms with Crippen LogP contribution < -0.4 is 0 Å². The Hall–Kier alpha value is -1.87. The van der Waals surface area contributed by atoms with Gasteiger partial charge in [-0.05, 0) is 0 Å². The molecule has 0 aliphatic carbocycles. The summed E-state index contributed by atoms with van der Waals surface area (Å²) in [6.07, 6.45) is 4.69. The van der Waals surface area contributed by atoms with Crippen molar-refractivity contribution in [1.29, 1.82) is 0 Å². The third-order valence-electron chi connectivity index (χ3n) is 4.12. The molecule has 4 rings (SSSR count). The molecule has 0 bridgehead atoms. The standard InChI is InChI=1S/C21H16AsClN2OS/c23-17-5-1-3-14(12-17)8-9-22-21-25-20(26)19(27-21)13-15-6-7-18-16(11-15)4-2-10-24-18/h1-7,10-13,22H,8-9H2/b19-13+. The molecular weight excluding hydrogens is 439 g/mol. The zero-order valence-electron chi connectivity index (χ0n) is 14.4. The van der Waals surface area contributed by atoms with Crippen molar-refractivity contribution >= 4 is 65.8 Å². The number of aromatic nitrogens is 1. The predicted octanol–water partition coefficient (Wildman–Crippen LogP) is 4.96. The van der Waals surface area contributed by atoms with E-state index in [1.807, 2.05) is 48.5 Å². The molecule has 0 saturated carbocycles. The Bertz CT molecular complexity index is 1080. The summed E-state index contributed by atoms with van der Waals surface area (Å²) < 4.78 is 1.01. The number of rotatable bonds is 5. The zero-order valence-corrected chi connectivity index (χ0v) is 18.0. The SMILES string of the molecule is O=C1N=C([AsH]CCc2cccc(Cl)c2)S/C1=C/c1ccc2ncccc2c1. The fraction of sp³-hybridized carbons (Fsp3) is 0.0952. The molecule has 3 nitrogen and oxygen atoms in total. The number of fused-ring (bicyclic) bond motifs is 1. The average Bonchev–Trinajstić information content (AvgIpc) is 3.01. The summed E-state index contributed by atoms with van der Waals surface area (Å²) in [5.41, 5.74) is 3.19. The number of benzene rings is 2. The van der Waals surface area contributed by atoms with Gasteiger partial charge in [-0.25, -0.2) is 0 Å². The van der Waals surface area contributed by atoms with E-state index in [-0.39, 0.29) is 5.91 Å². The molecule has 27 heavy (non-hydrogen) atoms. The topological polar surface area (TPSA) is 42.3 Å². The molecule has 1 aliphatic heterocycles. The van der Waals surface area contributed by atoms with Gasteiger partial charge in [-0.3, -0.25) is 0 Å². The number of pyridine rings is 1. The minimum absolute atomic E-state index is 0.118. The first-order valence-electron chi connectivity index (χ1n) is 8.53. The van der Waals surface area contributed by atoms with E-state index in [2.05, 4.69) is 22.1 Å². The van der Waals surface area contributed by atoms with Crippen LogP contribution in [0.3, 0.4) is 0 Å². The van der Waals surface area contributed by atoms with Gasteiger partial charge in [0.25, 0.3) is 0 Å². The van der Waals surface area contributed by atoms with E-state index in [9.17, 15) is 4.79 Å². The van der Waals surface area contributed by atoms with Crippen molar-refractivity contribution in [2.75, 3.05) is 0 Å². The fourth-order valence-electron chi connectivity index (χ4n) is 2.83. The molecule has 1 atom stereocenters. The summed E-state index contributed by atoms with van der Waals surface area (Å²) in [6, 6.07) is 17.9. The number of halogens is 1. The van der Waals surface area contributed by atoms with Crippen molar-refractivity contribution in [2.45, 2.75) is 11.6 Å². The average molecular weight is 455 g/mol. The number of nitrogens with zero attached hydrogens (tertiary/aromatic N) is 2. The van der Waals surface area contributed by atoms with Gasteiger partial charge < -0.3 is 0 Å². The number of aliphatic imine (C=N–C) groups is 1. The summed E-state index contributed by atoms with van der Waals surface area (Å²) in [7, 11) is 0. The number of hydrogen-bond donors (Lipinski definition) is 0. The molecule has 0 N–H and O–H groups in total. The molecular formula is C21H16AsClN2OS. The molecule has 0 fully saturated rings. The monoisotopic (exact) mass is 454 g/mol. The van der Waals surface area contributed by atoms with Gasteiger partial charge in [-0.15, -0.1) is 0 Å². The Morgan fingerprint density at radius 1 is 1.11 bits per heavy atom. The van der Waals surface area contributed by atoms with Gasteiger partial charge in [-0.2, -0.15) is 0 Å². The molecule has 0 radical (unpaired) electrons. The second-order valence-corrected chi connectivity index (χ2v) is 11.1. The Labute approximate surface area is 173 Å². The van der Waals surface area contributed by atoms with E-state index >= 15 is 0 Å². The summed E-state index contributed by atoms with van der Waals surface area (Å²) in [6.45, 7) is 0. The number of hydrogen-bond acceptors (Lipinski definition) is 3. The maximum absolute atomic E-state index is 12.2. The van der Waals surface area contributed by atoms with Crippen LogP contribution in [-0.4, -0.2) is 30.5 Å². The van der Waals surface area contributed by atoms with Gasteiger partial charge in [0, 0.05) is 0 Å². The Kier molecular flexibility index (Phi) is 5.77. The van der Waals surface area contributed by atoms with Gasteiger partial charge in [-0.1, -0.05) is 0 Å². The first-order chi connectivity index (χ1) is 13.2. The van der Waals surface area contributed by atoms with Crippen LogP contribution in [0.2, 0.25) is 10.2 Å². The first-order valence-corrected chi connectivity index (χ1v) is 12.3. The predicted molar refractivity (Wildman–Crippen MR) is 117 cm³/mol. The number of aryl methyl sites for hydroxylation is 1. The van der Waals surface area contributed by atoms with E-state index in [0.717, 1.165) is 36.9 Å².